The van der Waals surface area contributed by atoms with Crippen LogP contribution in [-0.4, -0.2) is 43.8 Å². The van der Waals surface area contributed by atoms with Crippen LogP contribution < -0.4 is 25.0 Å². The van der Waals surface area contributed by atoms with Gasteiger partial charge in [-0.3, -0.25) is 9.59 Å². The average molecular weight is 518 g/mol. The summed E-state index contributed by atoms with van der Waals surface area (Å²) in [5.74, 6) is -0.0654. The fourth-order valence-corrected chi connectivity index (χ4v) is 3.33. The first kappa shape index (κ1) is 27.9. The van der Waals surface area contributed by atoms with Crippen molar-refractivity contribution >= 4 is 24.0 Å². The molecule has 9 nitrogen and oxygen atoms in total. The van der Waals surface area contributed by atoms with Gasteiger partial charge in [-0.2, -0.15) is 5.10 Å². The Kier molecular flexibility index (Phi) is 10.4. The van der Waals surface area contributed by atoms with Crippen molar-refractivity contribution in [3.8, 4) is 17.2 Å². The van der Waals surface area contributed by atoms with Gasteiger partial charge in [-0.1, -0.05) is 25.1 Å². The summed E-state index contributed by atoms with van der Waals surface area (Å²) in [7, 11) is 0. The van der Waals surface area contributed by atoms with Gasteiger partial charge in [0.2, 0.25) is 0 Å². The van der Waals surface area contributed by atoms with Gasteiger partial charge in [0, 0.05) is 5.56 Å². The molecule has 2 amide bonds. The number of nitrogens with zero attached hydrogens (tertiary/aromatic N) is 1. The first-order chi connectivity index (χ1) is 18.4. The van der Waals surface area contributed by atoms with E-state index in [0.717, 1.165) is 12.0 Å². The molecule has 0 spiro atoms. The molecule has 0 fully saturated rings. The summed E-state index contributed by atoms with van der Waals surface area (Å²) in [6.07, 6.45) is 2.31. The van der Waals surface area contributed by atoms with Gasteiger partial charge in [-0.15, -0.1) is 0 Å². The lowest BCUT2D eigenvalue weighted by Gasteiger charge is -2.12. The van der Waals surface area contributed by atoms with Gasteiger partial charge < -0.3 is 19.5 Å². The molecule has 0 saturated carbocycles. The molecule has 198 valence electrons. The Balaban J connectivity index is 1.56. The zero-order chi connectivity index (χ0) is 27.3. The van der Waals surface area contributed by atoms with Crippen molar-refractivity contribution in [3.05, 3.63) is 89.0 Å². The van der Waals surface area contributed by atoms with E-state index in [9.17, 15) is 14.4 Å². The Bertz CT molecular complexity index is 1290. The van der Waals surface area contributed by atoms with E-state index in [2.05, 4.69) is 15.8 Å². The molecule has 0 unspecified atom stereocenters. The smallest absolute Gasteiger partial charge is 0.343 e. The third-order valence-electron chi connectivity index (χ3n) is 5.24. The molecule has 3 rings (SSSR count). The Morgan fingerprint density at radius 2 is 1.68 bits per heavy atom. The highest BCUT2D eigenvalue weighted by Crippen LogP contribution is 2.29. The fourth-order valence-electron chi connectivity index (χ4n) is 3.33. The lowest BCUT2D eigenvalue weighted by molar-refractivity contribution is -0.120. The number of nitrogens with one attached hydrogen (secondary N) is 2. The second kappa shape index (κ2) is 14.2. The zero-order valence-corrected chi connectivity index (χ0v) is 21.7. The average Bonchev–Trinajstić information content (AvgIpc) is 2.92. The monoisotopic (exact) mass is 517 g/mol. The Hall–Kier alpha value is -4.66. The predicted octanol–water partition coefficient (Wildman–Crippen LogP) is 4.28. The van der Waals surface area contributed by atoms with Crippen LogP contribution in [0.5, 0.6) is 17.2 Å². The molecule has 0 atom stereocenters. The molecule has 0 aromatic heterocycles. The van der Waals surface area contributed by atoms with Crippen molar-refractivity contribution in [2.24, 2.45) is 5.10 Å². The van der Waals surface area contributed by atoms with Crippen molar-refractivity contribution < 1.29 is 28.6 Å². The number of benzene rings is 3. The highest BCUT2D eigenvalue weighted by Gasteiger charge is 2.14. The molecule has 0 aliphatic carbocycles. The molecule has 38 heavy (non-hydrogen) atoms. The number of esters is 1. The van der Waals surface area contributed by atoms with Gasteiger partial charge in [-0.05, 0) is 79.9 Å². The van der Waals surface area contributed by atoms with Crippen LogP contribution in [0.4, 0.5) is 0 Å². The normalized spacial score (nSPS) is 10.6. The first-order valence-electron chi connectivity index (χ1n) is 12.3. The van der Waals surface area contributed by atoms with Crippen LogP contribution >= 0.6 is 0 Å². The zero-order valence-electron chi connectivity index (χ0n) is 21.7. The highest BCUT2D eigenvalue weighted by atomic mass is 16.6. The van der Waals surface area contributed by atoms with Crippen LogP contribution in [0.2, 0.25) is 0 Å². The minimum atomic E-state index is -0.533. The van der Waals surface area contributed by atoms with E-state index >= 15 is 0 Å². The Morgan fingerprint density at radius 1 is 0.921 bits per heavy atom. The minimum Gasteiger partial charge on any atom is -0.494 e. The summed E-state index contributed by atoms with van der Waals surface area (Å²) in [5.41, 5.74) is 4.67. The molecule has 0 aliphatic heterocycles. The molecular formula is C29H31N3O6. The number of carbonyl (C=O) groups excluding carboxylic acids is 3. The Labute approximate surface area is 221 Å². The van der Waals surface area contributed by atoms with Gasteiger partial charge in [0.1, 0.15) is 5.75 Å². The molecule has 3 aromatic rings. The van der Waals surface area contributed by atoms with Crippen molar-refractivity contribution in [1.29, 1.82) is 0 Å². The standard InChI is InChI=1S/C29H31N3O6/c1-4-16-37-23-13-11-22(12-14-23)29(35)38-25-15-10-21(17-26(25)36-5-2)18-31-32-27(33)19-30-28(34)24-9-7-6-8-20(24)3/h6-15,17-18H,4-5,16,19H2,1-3H3,(H,30,34)(H,32,33)/b31-18-. The maximum atomic E-state index is 12.6. The van der Waals surface area contributed by atoms with Crippen LogP contribution in [-0.2, 0) is 4.79 Å². The van der Waals surface area contributed by atoms with E-state index < -0.39 is 11.9 Å². The van der Waals surface area contributed by atoms with E-state index in [0.29, 0.717) is 41.4 Å². The van der Waals surface area contributed by atoms with Crippen molar-refractivity contribution in [1.82, 2.24) is 10.7 Å². The second-order valence-corrected chi connectivity index (χ2v) is 8.19. The van der Waals surface area contributed by atoms with Gasteiger partial charge >= 0.3 is 5.97 Å². The lowest BCUT2D eigenvalue weighted by Crippen LogP contribution is -2.35. The molecule has 0 bridgehead atoms. The third-order valence-corrected chi connectivity index (χ3v) is 5.24. The van der Waals surface area contributed by atoms with Crippen LogP contribution in [0.15, 0.2) is 71.8 Å². The largest absolute Gasteiger partial charge is 0.494 e. The van der Waals surface area contributed by atoms with Gasteiger partial charge in [-0.25, -0.2) is 10.2 Å². The number of rotatable bonds is 12. The summed E-state index contributed by atoms with van der Waals surface area (Å²) in [6, 6.07) is 18.7. The number of hydrogen-bond donors (Lipinski definition) is 2. The third kappa shape index (κ3) is 8.19. The molecule has 0 saturated heterocycles. The van der Waals surface area contributed by atoms with E-state index in [-0.39, 0.29) is 18.2 Å². The summed E-state index contributed by atoms with van der Waals surface area (Å²) in [6.45, 7) is 6.38. The number of aryl methyl sites for hydroxylation is 1. The van der Waals surface area contributed by atoms with E-state index in [1.807, 2.05) is 32.9 Å². The quantitative estimate of drug-likeness (QED) is 0.160. The molecule has 0 heterocycles. The van der Waals surface area contributed by atoms with E-state index in [4.69, 9.17) is 14.2 Å². The van der Waals surface area contributed by atoms with Gasteiger partial charge in [0.25, 0.3) is 11.8 Å². The maximum absolute atomic E-state index is 12.6. The molecule has 0 aliphatic rings. The number of hydrogen-bond acceptors (Lipinski definition) is 7. The number of carbonyl (C=O) groups is 3. The topological polar surface area (TPSA) is 115 Å². The first-order valence-corrected chi connectivity index (χ1v) is 12.3. The Morgan fingerprint density at radius 3 is 2.39 bits per heavy atom. The van der Waals surface area contributed by atoms with Crippen molar-refractivity contribution in [3.63, 3.8) is 0 Å². The summed E-state index contributed by atoms with van der Waals surface area (Å²) >= 11 is 0. The molecule has 2 N–H and O–H groups in total. The summed E-state index contributed by atoms with van der Waals surface area (Å²) in [5, 5.41) is 6.49. The molecular weight excluding hydrogens is 486 g/mol. The molecule has 9 heteroatoms. The van der Waals surface area contributed by atoms with Crippen molar-refractivity contribution in [2.75, 3.05) is 19.8 Å². The van der Waals surface area contributed by atoms with Crippen LogP contribution in [0.1, 0.15) is 52.1 Å². The van der Waals surface area contributed by atoms with Gasteiger partial charge in [0.05, 0.1) is 31.5 Å². The summed E-state index contributed by atoms with van der Waals surface area (Å²) in [4.78, 5) is 36.9. The second-order valence-electron chi connectivity index (χ2n) is 8.19. The molecule has 3 aromatic carbocycles. The SMILES string of the molecule is CCCOc1ccc(C(=O)Oc2ccc(/C=N\NC(=O)CNC(=O)c3ccccc3C)cc2OCC)cc1. The molecule has 0 radical (unpaired) electrons. The van der Waals surface area contributed by atoms with Crippen LogP contribution in [0.25, 0.3) is 0 Å². The highest BCUT2D eigenvalue weighted by molar-refractivity contribution is 5.97. The predicted molar refractivity (Wildman–Crippen MR) is 144 cm³/mol. The number of hydrazone groups is 1. The van der Waals surface area contributed by atoms with Gasteiger partial charge in [0.15, 0.2) is 11.5 Å². The van der Waals surface area contributed by atoms with Crippen molar-refractivity contribution in [2.45, 2.75) is 27.2 Å². The number of amides is 2. The minimum absolute atomic E-state index is 0.227. The summed E-state index contributed by atoms with van der Waals surface area (Å²) < 4.78 is 16.7. The van der Waals surface area contributed by atoms with Crippen LogP contribution in [0.3, 0.4) is 0 Å². The van der Waals surface area contributed by atoms with Crippen LogP contribution in [0, 0.1) is 6.92 Å². The van der Waals surface area contributed by atoms with E-state index in [1.54, 1.807) is 54.6 Å². The maximum Gasteiger partial charge on any atom is 0.343 e. The number of ether oxygens (including phenoxy) is 3. The lowest BCUT2D eigenvalue weighted by atomic mass is 10.1. The van der Waals surface area contributed by atoms with E-state index in [1.165, 1.54) is 6.21 Å². The fraction of sp³-hybridized carbons (Fsp3) is 0.241.